The van der Waals surface area contributed by atoms with Crippen LogP contribution in [-0.4, -0.2) is 15.4 Å². The van der Waals surface area contributed by atoms with Crippen molar-refractivity contribution in [2.24, 2.45) is 5.16 Å². The summed E-state index contributed by atoms with van der Waals surface area (Å²) < 4.78 is 0. The normalized spacial score (nSPS) is 11.6. The molecule has 0 aliphatic heterocycles. The minimum Gasteiger partial charge on any atom is -0.410 e. The van der Waals surface area contributed by atoms with Gasteiger partial charge in [0, 0.05) is 5.69 Å². The maximum atomic E-state index is 8.30. The summed E-state index contributed by atoms with van der Waals surface area (Å²) in [4.78, 5) is 4.02. The molecular formula is C7H7ClN2O. The first kappa shape index (κ1) is 8.01. The summed E-state index contributed by atoms with van der Waals surface area (Å²) in [7, 11) is 0. The van der Waals surface area contributed by atoms with Gasteiger partial charge in [-0.25, -0.2) is 0 Å². The number of aryl methyl sites for hydroxylation is 1. The Morgan fingerprint density at radius 2 is 2.36 bits per heavy atom. The molecule has 0 fully saturated rings. The van der Waals surface area contributed by atoms with Gasteiger partial charge in [-0.1, -0.05) is 22.8 Å². The largest absolute Gasteiger partial charge is 0.410 e. The highest BCUT2D eigenvalue weighted by Gasteiger charge is 2.00. The zero-order valence-corrected chi connectivity index (χ0v) is 6.71. The smallest absolute Gasteiger partial charge is 0.193 e. The van der Waals surface area contributed by atoms with Gasteiger partial charge in [-0.15, -0.1) is 0 Å². The van der Waals surface area contributed by atoms with Crippen LogP contribution in [-0.2, 0) is 0 Å². The van der Waals surface area contributed by atoms with Crippen molar-refractivity contribution in [1.82, 2.24) is 4.98 Å². The number of halogens is 1. The van der Waals surface area contributed by atoms with Crippen molar-refractivity contribution in [3.8, 4) is 0 Å². The molecule has 1 N–H and O–H groups in total. The Labute approximate surface area is 69.3 Å². The van der Waals surface area contributed by atoms with E-state index in [0.29, 0.717) is 5.69 Å². The summed E-state index contributed by atoms with van der Waals surface area (Å²) in [6.45, 7) is 1.84. The SMILES string of the molecule is Cc1cccc(C(Cl)=NO)n1. The van der Waals surface area contributed by atoms with Crippen LogP contribution in [0.15, 0.2) is 23.4 Å². The van der Waals surface area contributed by atoms with Gasteiger partial charge < -0.3 is 5.21 Å². The summed E-state index contributed by atoms with van der Waals surface area (Å²) >= 11 is 5.50. The minimum absolute atomic E-state index is 0.00806. The molecule has 0 unspecified atom stereocenters. The fourth-order valence-electron chi connectivity index (χ4n) is 0.709. The van der Waals surface area contributed by atoms with E-state index in [4.69, 9.17) is 16.8 Å². The number of oxime groups is 1. The van der Waals surface area contributed by atoms with Gasteiger partial charge in [0.15, 0.2) is 5.17 Å². The maximum absolute atomic E-state index is 8.30. The molecule has 0 aliphatic rings. The highest BCUT2D eigenvalue weighted by Crippen LogP contribution is 2.02. The van der Waals surface area contributed by atoms with Crippen molar-refractivity contribution < 1.29 is 5.21 Å². The van der Waals surface area contributed by atoms with Gasteiger partial charge in [0.05, 0.1) is 0 Å². The van der Waals surface area contributed by atoms with Crippen molar-refractivity contribution in [3.63, 3.8) is 0 Å². The van der Waals surface area contributed by atoms with Crippen LogP contribution < -0.4 is 0 Å². The molecule has 1 rings (SSSR count). The number of hydrogen-bond acceptors (Lipinski definition) is 3. The molecule has 0 bridgehead atoms. The molecule has 1 heterocycles. The van der Waals surface area contributed by atoms with Crippen LogP contribution in [0.5, 0.6) is 0 Å². The zero-order valence-electron chi connectivity index (χ0n) is 5.95. The van der Waals surface area contributed by atoms with Crippen molar-refractivity contribution in [2.45, 2.75) is 6.92 Å². The van der Waals surface area contributed by atoms with E-state index >= 15 is 0 Å². The summed E-state index contributed by atoms with van der Waals surface area (Å²) in [6, 6.07) is 5.31. The predicted octanol–water partition coefficient (Wildman–Crippen LogP) is 1.76. The lowest BCUT2D eigenvalue weighted by Gasteiger charge is -1.95. The van der Waals surface area contributed by atoms with Crippen LogP contribution in [0, 0.1) is 6.92 Å². The zero-order chi connectivity index (χ0) is 8.27. The average molecular weight is 171 g/mol. The Morgan fingerprint density at radius 1 is 1.64 bits per heavy atom. The topological polar surface area (TPSA) is 45.5 Å². The first-order chi connectivity index (χ1) is 5.24. The number of rotatable bonds is 1. The predicted molar refractivity (Wildman–Crippen MR) is 43.2 cm³/mol. The van der Waals surface area contributed by atoms with E-state index < -0.39 is 0 Å². The van der Waals surface area contributed by atoms with Gasteiger partial charge in [-0.2, -0.15) is 0 Å². The van der Waals surface area contributed by atoms with E-state index in [2.05, 4.69) is 10.1 Å². The molecule has 1 aromatic rings. The third-order valence-corrected chi connectivity index (χ3v) is 1.46. The van der Waals surface area contributed by atoms with Gasteiger partial charge in [0.2, 0.25) is 0 Å². The van der Waals surface area contributed by atoms with Crippen molar-refractivity contribution >= 4 is 16.8 Å². The Balaban J connectivity index is 3.06. The summed E-state index contributed by atoms with van der Waals surface area (Å²) in [5.74, 6) is 0. The highest BCUT2D eigenvalue weighted by atomic mass is 35.5. The fourth-order valence-corrected chi connectivity index (χ4v) is 0.814. The quantitative estimate of drug-likeness (QED) is 0.397. The molecule has 0 atom stereocenters. The lowest BCUT2D eigenvalue weighted by molar-refractivity contribution is 0.320. The molecule has 0 amide bonds. The van der Waals surface area contributed by atoms with Crippen molar-refractivity contribution in [3.05, 3.63) is 29.6 Å². The highest BCUT2D eigenvalue weighted by molar-refractivity contribution is 6.69. The maximum Gasteiger partial charge on any atom is 0.193 e. The summed E-state index contributed by atoms with van der Waals surface area (Å²) in [6.07, 6.45) is 0. The van der Waals surface area contributed by atoms with Crippen molar-refractivity contribution in [2.75, 3.05) is 0 Å². The number of nitrogens with zero attached hydrogens (tertiary/aromatic N) is 2. The van der Waals surface area contributed by atoms with E-state index in [-0.39, 0.29) is 5.17 Å². The Hall–Kier alpha value is -1.09. The van der Waals surface area contributed by atoms with Gasteiger partial charge >= 0.3 is 0 Å². The number of hydrogen-bond donors (Lipinski definition) is 1. The van der Waals surface area contributed by atoms with Crippen LogP contribution in [0.25, 0.3) is 0 Å². The number of aromatic nitrogens is 1. The molecule has 0 aliphatic carbocycles. The Bertz CT molecular complexity index is 286. The second-order valence-corrected chi connectivity index (χ2v) is 2.41. The summed E-state index contributed by atoms with van der Waals surface area (Å²) in [5.41, 5.74) is 1.32. The summed E-state index contributed by atoms with van der Waals surface area (Å²) in [5, 5.41) is 11.1. The monoisotopic (exact) mass is 170 g/mol. The molecule has 0 radical (unpaired) electrons. The molecule has 11 heavy (non-hydrogen) atoms. The molecule has 0 saturated carbocycles. The standard InChI is InChI=1S/C7H7ClN2O/c1-5-3-2-4-6(9-5)7(8)10-11/h2-4,11H,1H3. The second kappa shape index (κ2) is 3.34. The molecule has 0 spiro atoms. The Morgan fingerprint density at radius 3 is 2.91 bits per heavy atom. The first-order valence-electron chi connectivity index (χ1n) is 3.05. The first-order valence-corrected chi connectivity index (χ1v) is 3.43. The molecule has 58 valence electrons. The molecule has 0 aromatic carbocycles. The van der Waals surface area contributed by atoms with E-state index in [9.17, 15) is 0 Å². The van der Waals surface area contributed by atoms with Crippen LogP contribution in [0.3, 0.4) is 0 Å². The van der Waals surface area contributed by atoms with Gasteiger partial charge in [0.1, 0.15) is 5.69 Å². The van der Waals surface area contributed by atoms with Crippen LogP contribution in [0.1, 0.15) is 11.4 Å². The van der Waals surface area contributed by atoms with E-state index in [1.54, 1.807) is 12.1 Å². The fraction of sp³-hybridized carbons (Fsp3) is 0.143. The van der Waals surface area contributed by atoms with Gasteiger partial charge in [0.25, 0.3) is 0 Å². The number of pyridine rings is 1. The minimum atomic E-state index is 0.00806. The van der Waals surface area contributed by atoms with Gasteiger partial charge in [-0.3, -0.25) is 4.98 Å². The third kappa shape index (κ3) is 1.91. The van der Waals surface area contributed by atoms with E-state index in [0.717, 1.165) is 5.69 Å². The van der Waals surface area contributed by atoms with Crippen LogP contribution in [0.2, 0.25) is 0 Å². The molecular weight excluding hydrogens is 164 g/mol. The lowest BCUT2D eigenvalue weighted by atomic mass is 10.3. The third-order valence-electron chi connectivity index (χ3n) is 1.19. The van der Waals surface area contributed by atoms with E-state index in [1.165, 1.54) is 0 Å². The molecule has 3 nitrogen and oxygen atoms in total. The molecule has 0 saturated heterocycles. The van der Waals surface area contributed by atoms with Crippen LogP contribution in [0.4, 0.5) is 0 Å². The molecule has 1 aromatic heterocycles. The van der Waals surface area contributed by atoms with Crippen molar-refractivity contribution in [1.29, 1.82) is 0 Å². The average Bonchev–Trinajstić information content (AvgIpc) is 2.03. The van der Waals surface area contributed by atoms with Gasteiger partial charge in [-0.05, 0) is 19.1 Å². The van der Waals surface area contributed by atoms with Crippen LogP contribution >= 0.6 is 11.6 Å². The van der Waals surface area contributed by atoms with E-state index in [1.807, 2.05) is 13.0 Å². The lowest BCUT2D eigenvalue weighted by Crippen LogP contribution is -1.96. The Kier molecular flexibility index (Phi) is 2.44. The second-order valence-electron chi connectivity index (χ2n) is 2.06. The molecule has 4 heteroatoms.